The Morgan fingerprint density at radius 3 is 2.81 bits per heavy atom. The van der Waals surface area contributed by atoms with Crippen LogP contribution in [-0.4, -0.2) is 82.2 Å². The van der Waals surface area contributed by atoms with Gasteiger partial charge in [-0.2, -0.15) is 13.2 Å². The number of ether oxygens (including phenoxy) is 2. The molecule has 2 unspecified atom stereocenters. The number of likely N-dealkylation sites (tertiary alicyclic amines) is 1. The Kier molecular flexibility index (Phi) is 11.9. The van der Waals surface area contributed by atoms with E-state index in [2.05, 4.69) is 15.6 Å². The summed E-state index contributed by atoms with van der Waals surface area (Å²) >= 11 is 0. The van der Waals surface area contributed by atoms with Crippen molar-refractivity contribution >= 4 is 29.9 Å². The van der Waals surface area contributed by atoms with E-state index in [9.17, 15) is 13.2 Å². The maximum absolute atomic E-state index is 12.5. The van der Waals surface area contributed by atoms with Crippen LogP contribution in [0, 0.1) is 5.92 Å². The predicted octanol–water partition coefficient (Wildman–Crippen LogP) is 2.24. The third-order valence-electron chi connectivity index (χ3n) is 4.45. The summed E-state index contributed by atoms with van der Waals surface area (Å²) in [6, 6.07) is -0.00577. The van der Waals surface area contributed by atoms with Gasteiger partial charge >= 0.3 is 6.18 Å². The average molecular weight is 508 g/mol. The summed E-state index contributed by atoms with van der Waals surface area (Å²) < 4.78 is 48.4. The van der Waals surface area contributed by atoms with Gasteiger partial charge in [0, 0.05) is 51.4 Å². The molecule has 0 amide bonds. The number of alkyl halides is 3. The van der Waals surface area contributed by atoms with Crippen LogP contribution in [0.4, 0.5) is 13.2 Å². The van der Waals surface area contributed by atoms with Crippen molar-refractivity contribution in [3.05, 3.63) is 0 Å². The highest BCUT2D eigenvalue weighted by Gasteiger charge is 2.34. The summed E-state index contributed by atoms with van der Waals surface area (Å²) in [4.78, 5) is 5.93. The van der Waals surface area contributed by atoms with Crippen LogP contribution in [0.2, 0.25) is 0 Å². The van der Waals surface area contributed by atoms with E-state index in [4.69, 9.17) is 9.47 Å². The first-order chi connectivity index (χ1) is 12.5. The largest absolute Gasteiger partial charge is 0.401 e. The van der Waals surface area contributed by atoms with Crippen LogP contribution in [0.3, 0.4) is 0 Å². The number of guanidine groups is 1. The van der Waals surface area contributed by atoms with Crippen molar-refractivity contribution < 1.29 is 22.6 Å². The maximum atomic E-state index is 12.5. The zero-order valence-electron chi connectivity index (χ0n) is 15.9. The lowest BCUT2D eigenvalue weighted by Crippen LogP contribution is -2.45. The summed E-state index contributed by atoms with van der Waals surface area (Å²) in [5.41, 5.74) is 0. The van der Waals surface area contributed by atoms with Crippen molar-refractivity contribution in [3.8, 4) is 0 Å². The smallest absolute Gasteiger partial charge is 0.381 e. The normalized spacial score (nSPS) is 24.1. The van der Waals surface area contributed by atoms with Gasteiger partial charge in [0.15, 0.2) is 5.96 Å². The molecule has 10 heteroatoms. The molecule has 0 bridgehead atoms. The van der Waals surface area contributed by atoms with Gasteiger partial charge in [0.25, 0.3) is 0 Å². The van der Waals surface area contributed by atoms with Crippen LogP contribution < -0.4 is 10.6 Å². The molecule has 0 aromatic rings. The third-order valence-corrected chi connectivity index (χ3v) is 4.45. The Hall–Kier alpha value is -0.330. The summed E-state index contributed by atoms with van der Waals surface area (Å²) in [7, 11) is 0. The van der Waals surface area contributed by atoms with Gasteiger partial charge in [0.2, 0.25) is 0 Å². The van der Waals surface area contributed by atoms with Gasteiger partial charge in [-0.25, -0.2) is 0 Å². The fourth-order valence-corrected chi connectivity index (χ4v) is 3.18. The number of nitrogens with one attached hydrogen (secondary N) is 2. The Morgan fingerprint density at radius 1 is 1.33 bits per heavy atom. The topological polar surface area (TPSA) is 58.1 Å². The highest BCUT2D eigenvalue weighted by Crippen LogP contribution is 2.19. The standard InChI is InChI=1S/C17H31F3N4O2.HI/c1-2-21-16(22-6-3-8-25-11-14-5-9-26-12-14)23-15-4-7-24(10-15)13-17(18,19)20;/h14-15H,2-13H2,1H3,(H2,21,22,23);1H. The highest BCUT2D eigenvalue weighted by molar-refractivity contribution is 14.0. The van der Waals surface area contributed by atoms with Gasteiger partial charge in [-0.15, -0.1) is 24.0 Å². The van der Waals surface area contributed by atoms with Crippen LogP contribution in [-0.2, 0) is 9.47 Å². The minimum absolute atomic E-state index is 0. The fraction of sp³-hybridized carbons (Fsp3) is 0.941. The molecule has 0 aromatic heterocycles. The van der Waals surface area contributed by atoms with Crippen molar-refractivity contribution in [1.82, 2.24) is 15.5 Å². The zero-order valence-corrected chi connectivity index (χ0v) is 18.2. The maximum Gasteiger partial charge on any atom is 0.401 e. The number of halogens is 4. The van der Waals surface area contributed by atoms with Gasteiger partial charge in [-0.3, -0.25) is 9.89 Å². The monoisotopic (exact) mass is 508 g/mol. The van der Waals surface area contributed by atoms with Crippen LogP contribution in [0.5, 0.6) is 0 Å². The second-order valence-corrected chi connectivity index (χ2v) is 6.90. The number of hydrogen-bond acceptors (Lipinski definition) is 4. The molecule has 2 atom stereocenters. The number of aliphatic imine (C=N–C) groups is 1. The molecule has 0 aromatic carbocycles. The van der Waals surface area contributed by atoms with Gasteiger partial charge in [-0.1, -0.05) is 0 Å². The van der Waals surface area contributed by atoms with Crippen molar-refractivity contribution in [1.29, 1.82) is 0 Å². The summed E-state index contributed by atoms with van der Waals surface area (Å²) in [6.07, 6.45) is -1.57. The van der Waals surface area contributed by atoms with Crippen molar-refractivity contribution in [2.75, 3.05) is 59.2 Å². The second kappa shape index (κ2) is 13.0. The molecule has 2 rings (SSSR count). The Balaban J connectivity index is 0.00000364. The van der Waals surface area contributed by atoms with Crippen LogP contribution in [0.25, 0.3) is 0 Å². The van der Waals surface area contributed by atoms with Crippen LogP contribution >= 0.6 is 24.0 Å². The molecule has 2 N–H and O–H groups in total. The van der Waals surface area contributed by atoms with E-state index in [-0.39, 0.29) is 30.0 Å². The van der Waals surface area contributed by atoms with Crippen LogP contribution in [0.1, 0.15) is 26.2 Å². The molecule has 2 aliphatic heterocycles. The van der Waals surface area contributed by atoms with E-state index >= 15 is 0 Å². The lowest BCUT2D eigenvalue weighted by atomic mass is 10.1. The summed E-state index contributed by atoms with van der Waals surface area (Å²) in [6.45, 7) is 6.30. The Bertz CT molecular complexity index is 435. The molecule has 0 radical (unpaired) electrons. The molecule has 160 valence electrons. The number of rotatable bonds is 9. The van der Waals surface area contributed by atoms with E-state index < -0.39 is 12.7 Å². The molecular formula is C17H32F3IN4O2. The fourth-order valence-electron chi connectivity index (χ4n) is 3.18. The van der Waals surface area contributed by atoms with Crippen molar-refractivity contribution in [3.63, 3.8) is 0 Å². The lowest BCUT2D eigenvalue weighted by Gasteiger charge is -2.19. The first-order valence-electron chi connectivity index (χ1n) is 9.45. The Labute approximate surface area is 176 Å². The SMILES string of the molecule is CCNC(=NCCCOCC1CCOC1)NC1CCN(CC(F)(F)F)C1.I. The number of hydrogen-bond donors (Lipinski definition) is 2. The first kappa shape index (κ1) is 24.7. The molecule has 27 heavy (non-hydrogen) atoms. The molecule has 0 saturated carbocycles. The Morgan fingerprint density at radius 2 is 2.15 bits per heavy atom. The summed E-state index contributed by atoms with van der Waals surface area (Å²) in [5, 5.41) is 6.39. The molecule has 2 fully saturated rings. The second-order valence-electron chi connectivity index (χ2n) is 6.90. The molecule has 0 spiro atoms. The van der Waals surface area contributed by atoms with Crippen LogP contribution in [0.15, 0.2) is 4.99 Å². The highest BCUT2D eigenvalue weighted by atomic mass is 127. The third kappa shape index (κ3) is 10.7. The lowest BCUT2D eigenvalue weighted by molar-refractivity contribution is -0.143. The van der Waals surface area contributed by atoms with E-state index in [0.717, 1.165) is 32.7 Å². The molecule has 0 aliphatic carbocycles. The molecule has 2 saturated heterocycles. The molecule has 2 heterocycles. The van der Waals surface area contributed by atoms with Gasteiger partial charge in [-0.05, 0) is 26.2 Å². The van der Waals surface area contributed by atoms with Crippen molar-refractivity contribution in [2.45, 2.75) is 38.4 Å². The number of nitrogens with zero attached hydrogens (tertiary/aromatic N) is 2. The van der Waals surface area contributed by atoms with Gasteiger partial charge < -0.3 is 20.1 Å². The van der Waals surface area contributed by atoms with E-state index in [1.807, 2.05) is 6.92 Å². The van der Waals surface area contributed by atoms with E-state index in [1.54, 1.807) is 0 Å². The van der Waals surface area contributed by atoms with E-state index in [1.165, 1.54) is 4.90 Å². The zero-order chi connectivity index (χ0) is 18.8. The summed E-state index contributed by atoms with van der Waals surface area (Å²) in [5.74, 6) is 1.18. The minimum atomic E-state index is -4.14. The minimum Gasteiger partial charge on any atom is -0.381 e. The van der Waals surface area contributed by atoms with Crippen molar-refractivity contribution in [2.24, 2.45) is 10.9 Å². The molecular weight excluding hydrogens is 476 g/mol. The molecule has 6 nitrogen and oxygen atoms in total. The first-order valence-corrected chi connectivity index (χ1v) is 9.45. The quantitative estimate of drug-likeness (QED) is 0.217. The average Bonchev–Trinajstić information content (AvgIpc) is 3.21. The molecule has 2 aliphatic rings. The van der Waals surface area contributed by atoms with Gasteiger partial charge in [0.1, 0.15) is 0 Å². The van der Waals surface area contributed by atoms with Gasteiger partial charge in [0.05, 0.1) is 19.8 Å². The predicted molar refractivity (Wildman–Crippen MR) is 110 cm³/mol. The van der Waals surface area contributed by atoms with E-state index in [0.29, 0.717) is 51.1 Å².